The average Bonchev–Trinajstić information content (AvgIpc) is 3.23. The number of nitrogens with one attached hydrogen (secondary N) is 1. The zero-order chi connectivity index (χ0) is 24.8. The molecule has 35 heavy (non-hydrogen) atoms. The van der Waals surface area contributed by atoms with Crippen LogP contribution in [0.1, 0.15) is 0 Å². The number of ether oxygens (including phenoxy) is 1. The maximum Gasteiger partial charge on any atom is 0.238 e. The molecule has 1 aliphatic heterocycles. The Bertz CT molecular complexity index is 1180. The van der Waals surface area contributed by atoms with Crippen LogP contribution < -0.4 is 10.1 Å². The van der Waals surface area contributed by atoms with Gasteiger partial charge in [-0.25, -0.2) is 4.39 Å². The zero-order valence-corrected chi connectivity index (χ0v) is 20.4. The van der Waals surface area contributed by atoms with Crippen molar-refractivity contribution in [3.05, 3.63) is 54.3 Å². The molecule has 2 heterocycles. The highest BCUT2D eigenvalue weighted by atomic mass is 32.2. The highest BCUT2D eigenvalue weighted by Gasteiger charge is 2.23. The van der Waals surface area contributed by atoms with Crippen LogP contribution in [0.3, 0.4) is 0 Å². The Balaban J connectivity index is 1.23. The fraction of sp³-hybridized carbons (Fsp3) is 0.333. The van der Waals surface area contributed by atoms with Crippen molar-refractivity contribution in [2.45, 2.75) is 5.16 Å². The van der Waals surface area contributed by atoms with Gasteiger partial charge < -0.3 is 19.5 Å². The molecular weight excluding hydrogens is 471 g/mol. The Labute approximate surface area is 207 Å². The number of anilines is 1. The van der Waals surface area contributed by atoms with E-state index < -0.39 is 5.82 Å². The summed E-state index contributed by atoms with van der Waals surface area (Å²) in [6, 6.07) is 13.4. The van der Waals surface area contributed by atoms with Gasteiger partial charge >= 0.3 is 0 Å². The fourth-order valence-corrected chi connectivity index (χ4v) is 4.59. The van der Waals surface area contributed by atoms with E-state index in [9.17, 15) is 14.0 Å². The SMILES string of the molecule is COc1ccc(-c2nnc(SCC(=O)N3CCN(CC(=O)Nc4cccc(F)c4)CC3)n2C)cc1. The molecule has 0 bridgehead atoms. The van der Waals surface area contributed by atoms with Gasteiger partial charge in [0.1, 0.15) is 11.6 Å². The van der Waals surface area contributed by atoms with Crippen LogP contribution in [0, 0.1) is 5.82 Å². The maximum atomic E-state index is 13.3. The van der Waals surface area contributed by atoms with Gasteiger partial charge in [0.25, 0.3) is 0 Å². The molecule has 3 aromatic rings. The summed E-state index contributed by atoms with van der Waals surface area (Å²) in [7, 11) is 3.50. The van der Waals surface area contributed by atoms with Crippen LogP contribution in [-0.2, 0) is 16.6 Å². The van der Waals surface area contributed by atoms with Crippen molar-refractivity contribution in [1.29, 1.82) is 0 Å². The molecule has 0 aliphatic carbocycles. The Morgan fingerprint density at radius 1 is 1.09 bits per heavy atom. The van der Waals surface area contributed by atoms with E-state index in [4.69, 9.17) is 4.74 Å². The lowest BCUT2D eigenvalue weighted by molar-refractivity contribution is -0.130. The fourth-order valence-electron chi connectivity index (χ4n) is 3.77. The molecule has 0 spiro atoms. The van der Waals surface area contributed by atoms with Crippen molar-refractivity contribution in [1.82, 2.24) is 24.6 Å². The number of carbonyl (C=O) groups is 2. The molecule has 1 N–H and O–H groups in total. The molecule has 1 saturated heterocycles. The molecule has 2 aromatic carbocycles. The first-order chi connectivity index (χ1) is 16.9. The Kier molecular flexibility index (Phi) is 7.98. The number of aromatic nitrogens is 3. The van der Waals surface area contributed by atoms with E-state index in [1.165, 1.54) is 23.9 Å². The first kappa shape index (κ1) is 24.7. The lowest BCUT2D eigenvalue weighted by atomic mass is 10.2. The van der Waals surface area contributed by atoms with Crippen molar-refractivity contribution in [3.8, 4) is 17.1 Å². The van der Waals surface area contributed by atoms with E-state index in [1.54, 1.807) is 24.1 Å². The van der Waals surface area contributed by atoms with Gasteiger partial charge in [-0.15, -0.1) is 10.2 Å². The summed E-state index contributed by atoms with van der Waals surface area (Å²) < 4.78 is 20.3. The maximum absolute atomic E-state index is 13.3. The molecule has 1 aromatic heterocycles. The number of halogens is 1. The Morgan fingerprint density at radius 2 is 1.83 bits per heavy atom. The molecule has 1 aliphatic rings. The summed E-state index contributed by atoms with van der Waals surface area (Å²) in [5.74, 6) is 1.16. The summed E-state index contributed by atoms with van der Waals surface area (Å²) in [6.45, 7) is 2.47. The smallest absolute Gasteiger partial charge is 0.238 e. The summed E-state index contributed by atoms with van der Waals surface area (Å²) in [5, 5.41) is 11.9. The number of rotatable bonds is 8. The second kappa shape index (κ2) is 11.3. The van der Waals surface area contributed by atoms with Gasteiger partial charge in [0.05, 0.1) is 19.4 Å². The molecule has 0 saturated carbocycles. The second-order valence-electron chi connectivity index (χ2n) is 8.10. The number of thioether (sulfide) groups is 1. The minimum absolute atomic E-state index is 0.0212. The van der Waals surface area contributed by atoms with Crippen molar-refractivity contribution in [2.75, 3.05) is 50.9 Å². The van der Waals surface area contributed by atoms with Crippen LogP contribution in [0.15, 0.2) is 53.7 Å². The summed E-state index contributed by atoms with van der Waals surface area (Å²) >= 11 is 1.35. The quantitative estimate of drug-likeness (QED) is 0.477. The highest BCUT2D eigenvalue weighted by Crippen LogP contribution is 2.24. The number of benzene rings is 2. The summed E-state index contributed by atoms with van der Waals surface area (Å²) in [4.78, 5) is 28.8. The topological polar surface area (TPSA) is 92.6 Å². The predicted molar refractivity (Wildman–Crippen MR) is 132 cm³/mol. The van der Waals surface area contributed by atoms with Gasteiger partial charge in [-0.3, -0.25) is 14.5 Å². The van der Waals surface area contributed by atoms with Crippen LogP contribution in [0.4, 0.5) is 10.1 Å². The third-order valence-corrected chi connectivity index (χ3v) is 6.71. The van der Waals surface area contributed by atoms with E-state index in [-0.39, 0.29) is 24.1 Å². The van der Waals surface area contributed by atoms with E-state index >= 15 is 0 Å². The number of methoxy groups -OCH3 is 1. The molecule has 1 fully saturated rings. The van der Waals surface area contributed by atoms with Gasteiger partial charge in [-0.05, 0) is 42.5 Å². The number of nitrogens with zero attached hydrogens (tertiary/aromatic N) is 5. The predicted octanol–water partition coefficient (Wildman–Crippen LogP) is 2.50. The standard InChI is InChI=1S/C24H27FN6O3S/c1-29-23(17-6-8-20(34-2)9-7-17)27-28-24(29)35-16-22(33)31-12-10-30(11-13-31)15-21(32)26-19-5-3-4-18(25)14-19/h3-9,14H,10-13,15-16H2,1-2H3,(H,26,32). The van der Waals surface area contributed by atoms with Crippen molar-refractivity contribution >= 4 is 29.3 Å². The Morgan fingerprint density at radius 3 is 2.51 bits per heavy atom. The molecule has 0 radical (unpaired) electrons. The van der Waals surface area contributed by atoms with Crippen LogP contribution in [0.5, 0.6) is 5.75 Å². The average molecular weight is 499 g/mol. The van der Waals surface area contributed by atoms with Crippen molar-refractivity contribution in [2.24, 2.45) is 7.05 Å². The summed E-state index contributed by atoms with van der Waals surface area (Å²) in [6.07, 6.45) is 0. The lowest BCUT2D eigenvalue weighted by Gasteiger charge is -2.34. The molecule has 0 unspecified atom stereocenters. The number of amides is 2. The van der Waals surface area contributed by atoms with Gasteiger partial charge in [-0.2, -0.15) is 0 Å². The minimum Gasteiger partial charge on any atom is -0.497 e. The third-order valence-electron chi connectivity index (χ3n) is 5.71. The van der Waals surface area contributed by atoms with Gasteiger partial charge in [0.15, 0.2) is 11.0 Å². The monoisotopic (exact) mass is 498 g/mol. The summed E-state index contributed by atoms with van der Waals surface area (Å²) in [5.41, 5.74) is 1.34. The first-order valence-electron chi connectivity index (χ1n) is 11.1. The third kappa shape index (κ3) is 6.37. The van der Waals surface area contributed by atoms with E-state index in [2.05, 4.69) is 15.5 Å². The lowest BCUT2D eigenvalue weighted by Crippen LogP contribution is -2.50. The largest absolute Gasteiger partial charge is 0.497 e. The number of hydrogen-bond acceptors (Lipinski definition) is 7. The zero-order valence-electron chi connectivity index (χ0n) is 19.6. The van der Waals surface area contributed by atoms with Crippen LogP contribution in [0.25, 0.3) is 11.4 Å². The van der Waals surface area contributed by atoms with E-state index in [0.717, 1.165) is 11.3 Å². The Hall–Kier alpha value is -3.44. The molecule has 0 atom stereocenters. The molecule has 2 amide bonds. The minimum atomic E-state index is -0.397. The highest BCUT2D eigenvalue weighted by molar-refractivity contribution is 7.99. The van der Waals surface area contributed by atoms with Gasteiger partial charge in [0, 0.05) is 44.5 Å². The van der Waals surface area contributed by atoms with Crippen molar-refractivity contribution < 1.29 is 18.7 Å². The molecular formula is C24H27FN6O3S. The number of hydrogen-bond donors (Lipinski definition) is 1. The van der Waals surface area contributed by atoms with Crippen LogP contribution in [0.2, 0.25) is 0 Å². The number of piperazine rings is 1. The van der Waals surface area contributed by atoms with Crippen LogP contribution >= 0.6 is 11.8 Å². The van der Waals surface area contributed by atoms with Gasteiger partial charge in [0.2, 0.25) is 11.8 Å². The normalized spacial score (nSPS) is 14.1. The van der Waals surface area contributed by atoms with Crippen LogP contribution in [-0.4, -0.2) is 82.0 Å². The first-order valence-corrected chi connectivity index (χ1v) is 12.1. The van der Waals surface area contributed by atoms with E-state index in [1.807, 2.05) is 40.8 Å². The molecule has 4 rings (SSSR count). The molecule has 184 valence electrons. The van der Waals surface area contributed by atoms with Crippen molar-refractivity contribution in [3.63, 3.8) is 0 Å². The number of carbonyl (C=O) groups excluding carboxylic acids is 2. The second-order valence-corrected chi connectivity index (χ2v) is 9.04. The molecule has 9 nitrogen and oxygen atoms in total. The van der Waals surface area contributed by atoms with E-state index in [0.29, 0.717) is 42.8 Å². The molecule has 11 heteroatoms. The van der Waals surface area contributed by atoms with Gasteiger partial charge in [-0.1, -0.05) is 17.8 Å².